The van der Waals surface area contributed by atoms with Crippen LogP contribution >= 0.6 is 0 Å². The summed E-state index contributed by atoms with van der Waals surface area (Å²) >= 11 is 0. The molecule has 0 aliphatic rings. The molecule has 1 amide bonds. The summed E-state index contributed by atoms with van der Waals surface area (Å²) in [6.07, 6.45) is 1.63. The Balaban J connectivity index is 1.68. The van der Waals surface area contributed by atoms with Gasteiger partial charge in [-0.15, -0.1) is 0 Å². The average Bonchev–Trinajstić information content (AvgIpc) is 2.65. The maximum atomic E-state index is 12.4. The van der Waals surface area contributed by atoms with Gasteiger partial charge >= 0.3 is 0 Å². The lowest BCUT2D eigenvalue weighted by Gasteiger charge is -2.09. The van der Waals surface area contributed by atoms with Gasteiger partial charge in [0.2, 0.25) is 0 Å². The van der Waals surface area contributed by atoms with E-state index in [0.717, 1.165) is 28.4 Å². The van der Waals surface area contributed by atoms with Crippen LogP contribution in [-0.2, 0) is 0 Å². The number of carbonyl (C=O) groups is 1. The Hall–Kier alpha value is -3.34. The van der Waals surface area contributed by atoms with Crippen molar-refractivity contribution >= 4 is 23.0 Å². The van der Waals surface area contributed by atoms with Crippen molar-refractivity contribution < 1.29 is 9.53 Å². The molecule has 0 saturated heterocycles. The third-order valence-electron chi connectivity index (χ3n) is 4.12. The van der Waals surface area contributed by atoms with E-state index in [1.165, 1.54) is 5.56 Å². The van der Waals surface area contributed by atoms with Gasteiger partial charge in [-0.3, -0.25) is 4.79 Å². The summed E-state index contributed by atoms with van der Waals surface area (Å²) < 4.78 is 5.21. The van der Waals surface area contributed by atoms with Crippen LogP contribution in [0.2, 0.25) is 0 Å². The van der Waals surface area contributed by atoms with E-state index in [2.05, 4.69) is 15.6 Å². The van der Waals surface area contributed by atoms with E-state index in [1.54, 1.807) is 19.4 Å². The highest BCUT2D eigenvalue weighted by molar-refractivity contribution is 6.03. The highest BCUT2D eigenvalue weighted by atomic mass is 16.5. The van der Waals surface area contributed by atoms with Gasteiger partial charge in [-0.05, 0) is 61.4 Å². The first-order valence-corrected chi connectivity index (χ1v) is 8.31. The van der Waals surface area contributed by atoms with Crippen LogP contribution in [0, 0.1) is 13.8 Å². The molecule has 2 aromatic carbocycles. The highest BCUT2D eigenvalue weighted by Crippen LogP contribution is 2.21. The van der Waals surface area contributed by atoms with Gasteiger partial charge in [-0.25, -0.2) is 4.98 Å². The normalized spacial score (nSPS) is 10.3. The van der Waals surface area contributed by atoms with Crippen LogP contribution in [0.1, 0.15) is 21.6 Å². The number of methoxy groups -OCH3 is 1. The first-order valence-electron chi connectivity index (χ1n) is 8.31. The zero-order valence-corrected chi connectivity index (χ0v) is 15.0. The van der Waals surface area contributed by atoms with Crippen molar-refractivity contribution in [3.63, 3.8) is 0 Å². The number of carbonyl (C=O) groups excluding carboxylic acids is 1. The molecule has 3 aromatic rings. The number of benzene rings is 2. The molecular formula is C21H21N3O2. The molecule has 0 unspecified atom stereocenters. The quantitative estimate of drug-likeness (QED) is 0.702. The van der Waals surface area contributed by atoms with E-state index >= 15 is 0 Å². The predicted octanol–water partition coefficient (Wildman–Crippen LogP) is 4.70. The van der Waals surface area contributed by atoms with Crippen molar-refractivity contribution in [2.24, 2.45) is 0 Å². The summed E-state index contributed by atoms with van der Waals surface area (Å²) in [6.45, 7) is 4.05. The van der Waals surface area contributed by atoms with Crippen molar-refractivity contribution in [2.45, 2.75) is 13.8 Å². The third-order valence-corrected chi connectivity index (χ3v) is 4.12. The fourth-order valence-corrected chi connectivity index (χ4v) is 2.48. The molecule has 132 valence electrons. The molecule has 0 aliphatic carbocycles. The molecule has 0 spiro atoms. The van der Waals surface area contributed by atoms with Gasteiger partial charge in [0, 0.05) is 17.4 Å². The first-order chi connectivity index (χ1) is 12.5. The lowest BCUT2D eigenvalue weighted by atomic mass is 10.1. The van der Waals surface area contributed by atoms with Gasteiger partial charge in [0.25, 0.3) is 5.91 Å². The van der Waals surface area contributed by atoms with Crippen LogP contribution < -0.4 is 15.4 Å². The molecule has 0 aliphatic heterocycles. The number of aromatic nitrogens is 1. The van der Waals surface area contributed by atoms with Crippen LogP contribution in [0.25, 0.3) is 0 Å². The van der Waals surface area contributed by atoms with E-state index in [9.17, 15) is 4.79 Å². The van der Waals surface area contributed by atoms with Crippen molar-refractivity contribution in [2.75, 3.05) is 17.7 Å². The Labute approximate surface area is 153 Å². The molecule has 5 nitrogen and oxygen atoms in total. The molecule has 1 aromatic heterocycles. The van der Waals surface area contributed by atoms with Crippen molar-refractivity contribution in [1.82, 2.24) is 4.98 Å². The Bertz CT molecular complexity index is 921. The first kappa shape index (κ1) is 17.5. The molecule has 0 fully saturated rings. The minimum atomic E-state index is -0.235. The van der Waals surface area contributed by atoms with E-state index in [0.29, 0.717) is 5.69 Å². The molecule has 3 rings (SSSR count). The van der Waals surface area contributed by atoms with Gasteiger partial charge in [0.1, 0.15) is 11.4 Å². The smallest absolute Gasteiger partial charge is 0.274 e. The number of hydrogen-bond acceptors (Lipinski definition) is 4. The predicted molar refractivity (Wildman–Crippen MR) is 104 cm³/mol. The highest BCUT2D eigenvalue weighted by Gasteiger charge is 2.08. The third kappa shape index (κ3) is 4.19. The summed E-state index contributed by atoms with van der Waals surface area (Å²) in [6, 6.07) is 16.9. The van der Waals surface area contributed by atoms with Crippen LogP contribution in [0.15, 0.2) is 60.8 Å². The number of pyridine rings is 1. The second kappa shape index (κ2) is 7.70. The minimum Gasteiger partial charge on any atom is -0.497 e. The number of amides is 1. The maximum Gasteiger partial charge on any atom is 0.274 e. The SMILES string of the molecule is COc1cccc(Nc2ccc(C(=O)Nc3ccc(C)c(C)c3)nc2)c1. The van der Waals surface area contributed by atoms with Gasteiger partial charge in [0.05, 0.1) is 19.0 Å². The van der Waals surface area contributed by atoms with Crippen LogP contribution in [0.4, 0.5) is 17.1 Å². The van der Waals surface area contributed by atoms with Crippen LogP contribution in [0.5, 0.6) is 5.75 Å². The van der Waals surface area contributed by atoms with Crippen molar-refractivity contribution in [3.05, 3.63) is 77.6 Å². The number of ether oxygens (including phenoxy) is 1. The van der Waals surface area contributed by atoms with E-state index in [1.807, 2.05) is 62.4 Å². The summed E-state index contributed by atoms with van der Waals surface area (Å²) in [5.41, 5.74) is 5.13. The molecule has 5 heteroatoms. The fourth-order valence-electron chi connectivity index (χ4n) is 2.48. The monoisotopic (exact) mass is 347 g/mol. The zero-order valence-electron chi connectivity index (χ0n) is 15.0. The molecule has 0 saturated carbocycles. The summed E-state index contributed by atoms with van der Waals surface area (Å²) in [5.74, 6) is 0.536. The Kier molecular flexibility index (Phi) is 5.17. The lowest BCUT2D eigenvalue weighted by molar-refractivity contribution is 0.102. The average molecular weight is 347 g/mol. The second-order valence-corrected chi connectivity index (χ2v) is 6.04. The molecule has 0 bridgehead atoms. The molecule has 0 atom stereocenters. The van der Waals surface area contributed by atoms with Crippen LogP contribution in [-0.4, -0.2) is 18.0 Å². The minimum absolute atomic E-state index is 0.235. The summed E-state index contributed by atoms with van der Waals surface area (Å²) in [7, 11) is 1.63. The number of aryl methyl sites for hydroxylation is 2. The Morgan fingerprint density at radius 1 is 0.923 bits per heavy atom. The largest absolute Gasteiger partial charge is 0.497 e. The number of rotatable bonds is 5. The zero-order chi connectivity index (χ0) is 18.5. The van der Waals surface area contributed by atoms with Crippen LogP contribution in [0.3, 0.4) is 0 Å². The van der Waals surface area contributed by atoms with Gasteiger partial charge in [0.15, 0.2) is 0 Å². The molecular weight excluding hydrogens is 326 g/mol. The van der Waals surface area contributed by atoms with Gasteiger partial charge in [-0.1, -0.05) is 12.1 Å². The van der Waals surface area contributed by atoms with E-state index in [4.69, 9.17) is 4.74 Å². The number of nitrogens with zero attached hydrogens (tertiary/aromatic N) is 1. The summed E-state index contributed by atoms with van der Waals surface area (Å²) in [4.78, 5) is 16.6. The second-order valence-electron chi connectivity index (χ2n) is 6.04. The van der Waals surface area contributed by atoms with Gasteiger partial charge < -0.3 is 15.4 Å². The van der Waals surface area contributed by atoms with Crippen molar-refractivity contribution in [3.8, 4) is 5.75 Å². The number of nitrogens with one attached hydrogen (secondary N) is 2. The molecule has 0 radical (unpaired) electrons. The summed E-state index contributed by atoms with van der Waals surface area (Å²) in [5, 5.41) is 6.11. The molecule has 2 N–H and O–H groups in total. The topological polar surface area (TPSA) is 63.2 Å². The fraction of sp³-hybridized carbons (Fsp3) is 0.143. The van der Waals surface area contributed by atoms with Crippen molar-refractivity contribution in [1.29, 1.82) is 0 Å². The Morgan fingerprint density at radius 2 is 1.73 bits per heavy atom. The number of anilines is 3. The van der Waals surface area contributed by atoms with E-state index in [-0.39, 0.29) is 5.91 Å². The standard InChI is InChI=1S/C21H21N3O2/c1-14-7-8-17(11-15(14)2)24-21(25)20-10-9-18(13-22-20)23-16-5-4-6-19(12-16)26-3/h4-13,23H,1-3H3,(H,24,25). The van der Waals surface area contributed by atoms with Gasteiger partial charge in [-0.2, -0.15) is 0 Å². The Morgan fingerprint density at radius 3 is 2.42 bits per heavy atom. The molecule has 1 heterocycles. The lowest BCUT2D eigenvalue weighted by Crippen LogP contribution is -2.13. The number of hydrogen-bond donors (Lipinski definition) is 2. The maximum absolute atomic E-state index is 12.4. The molecule has 26 heavy (non-hydrogen) atoms. The van der Waals surface area contributed by atoms with E-state index < -0.39 is 0 Å².